The molecule has 0 fully saturated rings. The largest absolute Gasteiger partial charge is 0.369 e. The zero-order valence-electron chi connectivity index (χ0n) is 11.9. The molecule has 1 amide bonds. The highest BCUT2D eigenvalue weighted by molar-refractivity contribution is 6.29. The molecule has 0 saturated heterocycles. The Morgan fingerprint density at radius 2 is 1.95 bits per heavy atom. The van der Waals surface area contributed by atoms with Crippen LogP contribution < -0.4 is 11.1 Å². The van der Waals surface area contributed by atoms with E-state index >= 15 is 0 Å². The molecular weight excluding hydrogens is 288 g/mol. The number of nitrogens with zero attached hydrogens (tertiary/aromatic N) is 2. The fourth-order valence-electron chi connectivity index (χ4n) is 1.85. The van der Waals surface area contributed by atoms with Gasteiger partial charge in [0, 0.05) is 17.2 Å². The van der Waals surface area contributed by atoms with Crippen LogP contribution >= 0.6 is 11.6 Å². The number of nitrogens with two attached hydrogens (primary N) is 1. The first-order chi connectivity index (χ1) is 9.87. The highest BCUT2D eigenvalue weighted by Gasteiger charge is 2.24. The Bertz CT molecular complexity index is 640. The molecule has 0 atom stereocenters. The molecule has 0 saturated carbocycles. The van der Waals surface area contributed by atoms with Gasteiger partial charge in [-0.2, -0.15) is 0 Å². The number of rotatable bonds is 5. The average Bonchev–Trinajstić information content (AvgIpc) is 2.40. The first-order valence-electron chi connectivity index (χ1n) is 6.50. The van der Waals surface area contributed by atoms with Gasteiger partial charge in [-0.05, 0) is 24.1 Å². The highest BCUT2D eigenvalue weighted by Crippen LogP contribution is 2.23. The van der Waals surface area contributed by atoms with Crippen LogP contribution in [0.15, 0.2) is 36.7 Å². The number of carbonyl (C=O) groups excluding carboxylic acids is 1. The Morgan fingerprint density at radius 3 is 2.52 bits per heavy atom. The van der Waals surface area contributed by atoms with E-state index in [1.165, 1.54) is 6.33 Å². The number of benzene rings is 1. The minimum Gasteiger partial charge on any atom is -0.369 e. The highest BCUT2D eigenvalue weighted by atomic mass is 35.5. The molecule has 0 aliphatic carbocycles. The standard InChI is InChI=1S/C15H17ClN4O/c1-15(2,14(17)21)8-10-3-5-11(6-4-10)20-13-7-12(16)18-9-19-13/h3-7,9H,8H2,1-2H3,(H2,17,21)(H,18,19,20). The molecular formula is C15H17ClN4O. The molecule has 1 aromatic heterocycles. The van der Waals surface area contributed by atoms with E-state index in [0.29, 0.717) is 17.4 Å². The number of hydrogen-bond acceptors (Lipinski definition) is 4. The molecule has 110 valence electrons. The average molecular weight is 305 g/mol. The summed E-state index contributed by atoms with van der Waals surface area (Å²) in [5.41, 5.74) is 6.75. The van der Waals surface area contributed by atoms with Crippen LogP contribution in [-0.2, 0) is 11.2 Å². The number of nitrogens with one attached hydrogen (secondary N) is 1. The van der Waals surface area contributed by atoms with E-state index in [1.807, 2.05) is 38.1 Å². The number of amides is 1. The zero-order chi connectivity index (χ0) is 15.5. The van der Waals surface area contributed by atoms with Gasteiger partial charge in [-0.15, -0.1) is 0 Å². The lowest BCUT2D eigenvalue weighted by atomic mass is 9.85. The first kappa shape index (κ1) is 15.3. The van der Waals surface area contributed by atoms with Crippen molar-refractivity contribution in [3.8, 4) is 0 Å². The van der Waals surface area contributed by atoms with Crippen molar-refractivity contribution in [1.29, 1.82) is 0 Å². The third kappa shape index (κ3) is 4.16. The molecule has 0 radical (unpaired) electrons. The van der Waals surface area contributed by atoms with E-state index in [0.717, 1.165) is 11.3 Å². The molecule has 3 N–H and O–H groups in total. The van der Waals surface area contributed by atoms with Gasteiger partial charge in [-0.1, -0.05) is 37.6 Å². The zero-order valence-corrected chi connectivity index (χ0v) is 12.7. The Morgan fingerprint density at radius 1 is 1.29 bits per heavy atom. The molecule has 0 unspecified atom stereocenters. The van der Waals surface area contributed by atoms with Crippen molar-refractivity contribution in [2.45, 2.75) is 20.3 Å². The summed E-state index contributed by atoms with van der Waals surface area (Å²) in [5.74, 6) is 0.320. The normalized spacial score (nSPS) is 11.2. The van der Waals surface area contributed by atoms with E-state index in [2.05, 4.69) is 15.3 Å². The predicted octanol–water partition coefficient (Wildman–Crippen LogP) is 2.93. The predicted molar refractivity (Wildman–Crippen MR) is 83.4 cm³/mol. The van der Waals surface area contributed by atoms with Crippen LogP contribution in [0, 0.1) is 5.41 Å². The summed E-state index contributed by atoms with van der Waals surface area (Å²) in [4.78, 5) is 19.2. The maximum atomic E-state index is 11.3. The summed E-state index contributed by atoms with van der Waals surface area (Å²) in [6.07, 6.45) is 2.00. The van der Waals surface area contributed by atoms with Crippen LogP contribution in [0.5, 0.6) is 0 Å². The maximum Gasteiger partial charge on any atom is 0.223 e. The molecule has 1 heterocycles. The molecule has 5 nitrogen and oxygen atoms in total. The molecule has 0 bridgehead atoms. The quantitative estimate of drug-likeness (QED) is 0.832. The minimum absolute atomic E-state index is 0.305. The molecule has 0 aliphatic heterocycles. The Balaban J connectivity index is 2.07. The molecule has 2 aromatic rings. The van der Waals surface area contributed by atoms with Crippen molar-refractivity contribution in [2.24, 2.45) is 11.1 Å². The van der Waals surface area contributed by atoms with Crippen LogP contribution in [-0.4, -0.2) is 15.9 Å². The van der Waals surface area contributed by atoms with E-state index in [-0.39, 0.29) is 5.91 Å². The maximum absolute atomic E-state index is 11.3. The van der Waals surface area contributed by atoms with E-state index in [9.17, 15) is 4.79 Å². The molecule has 6 heteroatoms. The summed E-state index contributed by atoms with van der Waals surface area (Å²) in [6.45, 7) is 3.68. The fraction of sp³-hybridized carbons (Fsp3) is 0.267. The Labute approximate surface area is 128 Å². The van der Waals surface area contributed by atoms with Crippen molar-refractivity contribution < 1.29 is 4.79 Å². The summed E-state index contributed by atoms with van der Waals surface area (Å²) in [6, 6.07) is 9.39. The van der Waals surface area contributed by atoms with Crippen molar-refractivity contribution in [3.05, 3.63) is 47.4 Å². The summed E-state index contributed by atoms with van der Waals surface area (Å²) in [5, 5.41) is 3.51. The summed E-state index contributed by atoms with van der Waals surface area (Å²) in [7, 11) is 0. The first-order valence-corrected chi connectivity index (χ1v) is 6.88. The number of carbonyl (C=O) groups is 1. The monoisotopic (exact) mass is 304 g/mol. The van der Waals surface area contributed by atoms with Gasteiger partial charge < -0.3 is 11.1 Å². The van der Waals surface area contributed by atoms with Crippen LogP contribution in [0.3, 0.4) is 0 Å². The van der Waals surface area contributed by atoms with Crippen molar-refractivity contribution in [3.63, 3.8) is 0 Å². The van der Waals surface area contributed by atoms with Gasteiger partial charge in [0.05, 0.1) is 0 Å². The second-order valence-corrected chi connectivity index (χ2v) is 5.86. The summed E-state index contributed by atoms with van der Waals surface area (Å²) < 4.78 is 0. The smallest absolute Gasteiger partial charge is 0.223 e. The lowest BCUT2D eigenvalue weighted by Crippen LogP contribution is -2.33. The fourth-order valence-corrected chi connectivity index (χ4v) is 2.00. The number of primary amides is 1. The third-order valence-electron chi connectivity index (χ3n) is 3.17. The van der Waals surface area contributed by atoms with Gasteiger partial charge in [-0.3, -0.25) is 4.79 Å². The topological polar surface area (TPSA) is 80.9 Å². The van der Waals surface area contributed by atoms with E-state index in [1.54, 1.807) is 6.07 Å². The van der Waals surface area contributed by atoms with E-state index in [4.69, 9.17) is 17.3 Å². The van der Waals surface area contributed by atoms with Crippen molar-refractivity contribution in [2.75, 3.05) is 5.32 Å². The van der Waals surface area contributed by atoms with Gasteiger partial charge in [0.1, 0.15) is 17.3 Å². The molecule has 1 aromatic carbocycles. The molecule has 21 heavy (non-hydrogen) atoms. The Hall–Kier alpha value is -2.14. The van der Waals surface area contributed by atoms with Crippen LogP contribution in [0.1, 0.15) is 19.4 Å². The van der Waals surface area contributed by atoms with Gasteiger partial charge in [0.25, 0.3) is 0 Å². The van der Waals surface area contributed by atoms with Crippen LogP contribution in [0.2, 0.25) is 5.15 Å². The molecule has 2 rings (SSSR count). The minimum atomic E-state index is -0.560. The van der Waals surface area contributed by atoms with Gasteiger partial charge >= 0.3 is 0 Å². The number of anilines is 2. The number of halogens is 1. The summed E-state index contributed by atoms with van der Waals surface area (Å²) >= 11 is 5.80. The number of hydrogen-bond donors (Lipinski definition) is 2. The second kappa shape index (κ2) is 6.10. The van der Waals surface area contributed by atoms with Crippen LogP contribution in [0.4, 0.5) is 11.5 Å². The van der Waals surface area contributed by atoms with Gasteiger partial charge in [0.2, 0.25) is 5.91 Å². The van der Waals surface area contributed by atoms with Crippen molar-refractivity contribution in [1.82, 2.24) is 9.97 Å². The lowest BCUT2D eigenvalue weighted by molar-refractivity contribution is -0.125. The van der Waals surface area contributed by atoms with Crippen molar-refractivity contribution >= 4 is 29.0 Å². The van der Waals surface area contributed by atoms with Crippen LogP contribution in [0.25, 0.3) is 0 Å². The lowest BCUT2D eigenvalue weighted by Gasteiger charge is -2.20. The SMILES string of the molecule is CC(C)(Cc1ccc(Nc2cc(Cl)ncn2)cc1)C(N)=O. The second-order valence-electron chi connectivity index (χ2n) is 5.47. The Kier molecular flexibility index (Phi) is 4.43. The molecule has 0 aliphatic rings. The third-order valence-corrected chi connectivity index (χ3v) is 3.38. The van der Waals surface area contributed by atoms with Gasteiger partial charge in [0.15, 0.2) is 0 Å². The van der Waals surface area contributed by atoms with E-state index < -0.39 is 5.41 Å². The molecule has 0 spiro atoms. The van der Waals surface area contributed by atoms with Gasteiger partial charge in [-0.25, -0.2) is 9.97 Å². The number of aromatic nitrogens is 2.